The Labute approximate surface area is 109 Å². The molecule has 2 fully saturated rings. The highest BCUT2D eigenvalue weighted by molar-refractivity contribution is 5.01. The Bertz CT molecular complexity index is 394. The van der Waals surface area contributed by atoms with E-state index < -0.39 is 0 Å². The van der Waals surface area contributed by atoms with Crippen LogP contribution >= 0.6 is 0 Å². The molecule has 1 aromatic rings. The van der Waals surface area contributed by atoms with Gasteiger partial charge >= 0.3 is 0 Å². The van der Waals surface area contributed by atoms with Crippen molar-refractivity contribution in [2.24, 2.45) is 0 Å². The van der Waals surface area contributed by atoms with Gasteiger partial charge in [-0.25, -0.2) is 9.67 Å². The summed E-state index contributed by atoms with van der Waals surface area (Å²) in [6, 6.07) is 0. The number of nitrogens with one attached hydrogen (secondary N) is 1. The molecule has 5 heteroatoms. The Balaban J connectivity index is 1.77. The number of aryl methyl sites for hydroxylation is 1. The molecule has 1 aliphatic heterocycles. The first-order chi connectivity index (χ1) is 8.84. The molecule has 1 spiro atoms. The van der Waals surface area contributed by atoms with Gasteiger partial charge in [-0.3, -0.25) is 4.90 Å². The second kappa shape index (κ2) is 4.97. The number of hydrogen-bond acceptors (Lipinski definition) is 4. The lowest BCUT2D eigenvalue weighted by Gasteiger charge is -2.45. The van der Waals surface area contributed by atoms with E-state index in [9.17, 15) is 0 Å². The molecule has 0 bridgehead atoms. The van der Waals surface area contributed by atoms with Gasteiger partial charge in [-0.1, -0.05) is 12.8 Å². The molecule has 100 valence electrons. The van der Waals surface area contributed by atoms with Crippen LogP contribution in [0.1, 0.15) is 38.4 Å². The summed E-state index contributed by atoms with van der Waals surface area (Å²) in [6.07, 6.45) is 7.10. The lowest BCUT2D eigenvalue weighted by molar-refractivity contribution is 0.0535. The van der Waals surface area contributed by atoms with Gasteiger partial charge in [0.05, 0.1) is 6.54 Å². The quantitative estimate of drug-likeness (QED) is 0.868. The molecule has 0 aromatic carbocycles. The van der Waals surface area contributed by atoms with E-state index in [2.05, 4.69) is 27.2 Å². The summed E-state index contributed by atoms with van der Waals surface area (Å²) in [6.45, 7) is 7.37. The highest BCUT2D eigenvalue weighted by Crippen LogP contribution is 2.36. The largest absolute Gasteiger partial charge is 0.314 e. The molecule has 0 unspecified atom stereocenters. The molecule has 2 heterocycles. The maximum Gasteiger partial charge on any atom is 0.141 e. The highest BCUT2D eigenvalue weighted by Gasteiger charge is 2.41. The van der Waals surface area contributed by atoms with Crippen molar-refractivity contribution in [3.8, 4) is 0 Å². The fourth-order valence-electron chi connectivity index (χ4n) is 3.50. The van der Waals surface area contributed by atoms with Crippen LogP contribution in [0.4, 0.5) is 0 Å². The van der Waals surface area contributed by atoms with Crippen LogP contribution < -0.4 is 5.32 Å². The maximum atomic E-state index is 4.43. The fraction of sp³-hybridized carbons (Fsp3) is 0.846. The third-order valence-corrected chi connectivity index (χ3v) is 4.55. The predicted molar refractivity (Wildman–Crippen MR) is 70.2 cm³/mol. The highest BCUT2D eigenvalue weighted by atomic mass is 15.4. The van der Waals surface area contributed by atoms with Crippen LogP contribution in [-0.2, 0) is 13.1 Å². The van der Waals surface area contributed by atoms with Gasteiger partial charge in [-0.05, 0) is 19.8 Å². The lowest BCUT2D eigenvalue weighted by Crippen LogP contribution is -2.59. The van der Waals surface area contributed by atoms with Crippen LogP contribution in [-0.4, -0.2) is 44.8 Å². The topological polar surface area (TPSA) is 46.0 Å². The summed E-state index contributed by atoms with van der Waals surface area (Å²) in [5, 5.41) is 7.85. The summed E-state index contributed by atoms with van der Waals surface area (Å²) in [5.41, 5.74) is 0.392. The first-order valence-corrected chi connectivity index (χ1v) is 7.16. The van der Waals surface area contributed by atoms with Gasteiger partial charge in [0, 0.05) is 31.7 Å². The Morgan fingerprint density at radius 1 is 1.39 bits per heavy atom. The average Bonchev–Trinajstić information content (AvgIpc) is 3.02. The Morgan fingerprint density at radius 3 is 3.00 bits per heavy atom. The lowest BCUT2D eigenvalue weighted by atomic mass is 9.93. The first kappa shape index (κ1) is 12.1. The minimum atomic E-state index is 0.392. The Kier molecular flexibility index (Phi) is 3.35. The molecule has 1 saturated carbocycles. The summed E-state index contributed by atoms with van der Waals surface area (Å²) in [5.74, 6) is 1.12. The molecular formula is C13H23N5. The van der Waals surface area contributed by atoms with Crippen molar-refractivity contribution in [1.82, 2.24) is 25.0 Å². The van der Waals surface area contributed by atoms with Gasteiger partial charge < -0.3 is 5.32 Å². The van der Waals surface area contributed by atoms with Crippen molar-refractivity contribution in [2.45, 2.75) is 51.2 Å². The third kappa shape index (κ3) is 2.06. The van der Waals surface area contributed by atoms with Crippen molar-refractivity contribution in [3.05, 3.63) is 12.2 Å². The third-order valence-electron chi connectivity index (χ3n) is 4.55. The molecule has 1 aliphatic carbocycles. The molecule has 0 amide bonds. The summed E-state index contributed by atoms with van der Waals surface area (Å²) in [4.78, 5) is 7.07. The zero-order valence-electron chi connectivity index (χ0n) is 11.2. The SMILES string of the molecule is CCn1ncnc1CN1CCNCC12CCCC2. The van der Waals surface area contributed by atoms with E-state index in [1.165, 1.54) is 25.7 Å². The molecule has 1 aromatic heterocycles. The molecule has 3 rings (SSSR count). The monoisotopic (exact) mass is 249 g/mol. The zero-order valence-corrected chi connectivity index (χ0v) is 11.2. The molecule has 0 atom stereocenters. The first-order valence-electron chi connectivity index (χ1n) is 7.16. The minimum absolute atomic E-state index is 0.392. The summed E-state index contributed by atoms with van der Waals surface area (Å²) >= 11 is 0. The van der Waals surface area contributed by atoms with E-state index >= 15 is 0 Å². The molecule has 18 heavy (non-hydrogen) atoms. The van der Waals surface area contributed by atoms with Crippen LogP contribution in [0.25, 0.3) is 0 Å². The van der Waals surface area contributed by atoms with Crippen LogP contribution in [0, 0.1) is 0 Å². The van der Waals surface area contributed by atoms with E-state index in [1.807, 2.05) is 4.68 Å². The van der Waals surface area contributed by atoms with Crippen molar-refractivity contribution in [3.63, 3.8) is 0 Å². The second-order valence-electron chi connectivity index (χ2n) is 5.52. The normalized spacial score (nSPS) is 23.8. The second-order valence-corrected chi connectivity index (χ2v) is 5.52. The number of hydrogen-bond donors (Lipinski definition) is 1. The average molecular weight is 249 g/mol. The standard InChI is InChI=1S/C13H23N5/c1-2-18-12(15-11-16-18)9-17-8-7-14-10-13(17)5-3-4-6-13/h11,14H,2-10H2,1H3. The van der Waals surface area contributed by atoms with Crippen molar-refractivity contribution >= 4 is 0 Å². The molecular weight excluding hydrogens is 226 g/mol. The smallest absolute Gasteiger partial charge is 0.141 e. The van der Waals surface area contributed by atoms with Gasteiger partial charge in [0.1, 0.15) is 12.2 Å². The van der Waals surface area contributed by atoms with Gasteiger partial charge in [-0.2, -0.15) is 5.10 Å². The van der Waals surface area contributed by atoms with Crippen LogP contribution in [0.3, 0.4) is 0 Å². The summed E-state index contributed by atoms with van der Waals surface area (Å²) in [7, 11) is 0. The number of nitrogens with zero attached hydrogens (tertiary/aromatic N) is 4. The number of rotatable bonds is 3. The van der Waals surface area contributed by atoms with E-state index in [4.69, 9.17) is 0 Å². The van der Waals surface area contributed by atoms with Crippen LogP contribution in [0.15, 0.2) is 6.33 Å². The molecule has 1 N–H and O–H groups in total. The van der Waals surface area contributed by atoms with Crippen LogP contribution in [0.5, 0.6) is 0 Å². The fourth-order valence-corrected chi connectivity index (χ4v) is 3.50. The predicted octanol–water partition coefficient (Wildman–Crippen LogP) is 1.02. The van der Waals surface area contributed by atoms with E-state index in [0.717, 1.165) is 38.5 Å². The van der Waals surface area contributed by atoms with E-state index in [0.29, 0.717) is 5.54 Å². The summed E-state index contributed by atoms with van der Waals surface area (Å²) < 4.78 is 2.02. The minimum Gasteiger partial charge on any atom is -0.314 e. The van der Waals surface area contributed by atoms with Crippen LogP contribution in [0.2, 0.25) is 0 Å². The van der Waals surface area contributed by atoms with E-state index in [1.54, 1.807) is 6.33 Å². The van der Waals surface area contributed by atoms with E-state index in [-0.39, 0.29) is 0 Å². The Morgan fingerprint density at radius 2 is 2.22 bits per heavy atom. The van der Waals surface area contributed by atoms with Gasteiger partial charge in [-0.15, -0.1) is 0 Å². The number of aromatic nitrogens is 3. The van der Waals surface area contributed by atoms with Crippen molar-refractivity contribution in [2.75, 3.05) is 19.6 Å². The maximum absolute atomic E-state index is 4.43. The van der Waals surface area contributed by atoms with Gasteiger partial charge in [0.2, 0.25) is 0 Å². The van der Waals surface area contributed by atoms with Gasteiger partial charge in [0.15, 0.2) is 0 Å². The molecule has 0 radical (unpaired) electrons. The van der Waals surface area contributed by atoms with Crippen molar-refractivity contribution in [1.29, 1.82) is 0 Å². The van der Waals surface area contributed by atoms with Gasteiger partial charge in [0.25, 0.3) is 0 Å². The molecule has 2 aliphatic rings. The zero-order chi connectivity index (χ0) is 12.4. The molecule has 5 nitrogen and oxygen atoms in total. The van der Waals surface area contributed by atoms with Crippen molar-refractivity contribution < 1.29 is 0 Å². The Hall–Kier alpha value is -0.940. The molecule has 1 saturated heterocycles. The number of piperazine rings is 1.